The van der Waals surface area contributed by atoms with Crippen molar-refractivity contribution in [2.75, 3.05) is 26.9 Å². The molecule has 0 spiro atoms. The molecule has 0 aliphatic heterocycles. The number of hydrogen-bond acceptors (Lipinski definition) is 8. The van der Waals surface area contributed by atoms with Gasteiger partial charge in [0.1, 0.15) is 0 Å². The average Bonchev–Trinajstić information content (AvgIpc) is 2.75. The van der Waals surface area contributed by atoms with Crippen molar-refractivity contribution < 1.29 is 43.5 Å². The van der Waals surface area contributed by atoms with Crippen LogP contribution in [0.4, 0.5) is 0 Å². The Balaban J connectivity index is 1.96. The second-order valence-corrected chi connectivity index (χ2v) is 5.80. The van der Waals surface area contributed by atoms with Crippen molar-refractivity contribution >= 4 is 24.1 Å². The van der Waals surface area contributed by atoms with E-state index < -0.39 is 31.1 Å². The minimum atomic E-state index is -1.22. The monoisotopic (exact) mass is 432 g/mol. The molecule has 0 unspecified atom stereocenters. The summed E-state index contributed by atoms with van der Waals surface area (Å²) in [7, 11) is 1.49. The van der Waals surface area contributed by atoms with Gasteiger partial charge in [0.2, 0.25) is 0 Å². The second kappa shape index (κ2) is 11.7. The first-order valence-corrected chi connectivity index (χ1v) is 8.80. The van der Waals surface area contributed by atoms with E-state index in [-0.39, 0.29) is 18.1 Å². The van der Waals surface area contributed by atoms with Crippen LogP contribution in [0.5, 0.6) is 23.0 Å². The number of ether oxygens (including phenoxy) is 4. The number of nitrogens with zero attached hydrogens (tertiary/aromatic N) is 1. The van der Waals surface area contributed by atoms with E-state index in [2.05, 4.69) is 10.5 Å². The van der Waals surface area contributed by atoms with Gasteiger partial charge in [-0.3, -0.25) is 4.79 Å². The lowest BCUT2D eigenvalue weighted by Gasteiger charge is -2.11. The Hall–Kier alpha value is -4.28. The van der Waals surface area contributed by atoms with Crippen LogP contribution in [0.3, 0.4) is 0 Å². The van der Waals surface area contributed by atoms with Gasteiger partial charge in [-0.05, 0) is 35.9 Å². The molecule has 0 saturated carbocycles. The third kappa shape index (κ3) is 7.93. The summed E-state index contributed by atoms with van der Waals surface area (Å²) in [6.45, 7) is -1.58. The van der Waals surface area contributed by atoms with Crippen LogP contribution in [-0.4, -0.2) is 61.2 Å². The fourth-order valence-corrected chi connectivity index (χ4v) is 2.21. The third-order valence-corrected chi connectivity index (χ3v) is 3.50. The van der Waals surface area contributed by atoms with Gasteiger partial charge in [0, 0.05) is 0 Å². The molecular formula is C20H20N2O9. The molecule has 11 nitrogen and oxygen atoms in total. The smallest absolute Gasteiger partial charge is 0.341 e. The largest absolute Gasteiger partial charge is 0.493 e. The first-order chi connectivity index (χ1) is 14.9. The Morgan fingerprint density at radius 1 is 0.871 bits per heavy atom. The molecule has 0 atom stereocenters. The number of para-hydroxylation sites is 2. The zero-order valence-corrected chi connectivity index (χ0v) is 16.4. The highest BCUT2D eigenvalue weighted by Crippen LogP contribution is 2.28. The predicted octanol–water partition coefficient (Wildman–Crippen LogP) is 1.15. The van der Waals surface area contributed by atoms with Crippen molar-refractivity contribution in [3.05, 3.63) is 48.0 Å². The fraction of sp³-hybridized carbons (Fsp3) is 0.200. The molecule has 164 valence electrons. The number of methoxy groups -OCH3 is 1. The summed E-state index contributed by atoms with van der Waals surface area (Å²) in [5, 5.41) is 21.3. The van der Waals surface area contributed by atoms with Gasteiger partial charge in [0.15, 0.2) is 42.8 Å². The van der Waals surface area contributed by atoms with Crippen LogP contribution >= 0.6 is 0 Å². The maximum absolute atomic E-state index is 11.9. The maximum atomic E-state index is 11.9. The zero-order valence-electron chi connectivity index (χ0n) is 16.4. The summed E-state index contributed by atoms with van der Waals surface area (Å²) < 4.78 is 20.7. The van der Waals surface area contributed by atoms with E-state index in [1.165, 1.54) is 31.5 Å². The van der Waals surface area contributed by atoms with E-state index in [0.29, 0.717) is 17.1 Å². The summed E-state index contributed by atoms with van der Waals surface area (Å²) in [5.41, 5.74) is 2.72. The van der Waals surface area contributed by atoms with Gasteiger partial charge in [-0.2, -0.15) is 5.10 Å². The molecule has 0 radical (unpaired) electrons. The van der Waals surface area contributed by atoms with Gasteiger partial charge in [-0.25, -0.2) is 15.0 Å². The lowest BCUT2D eigenvalue weighted by molar-refractivity contribution is -0.140. The number of carboxylic acids is 2. The van der Waals surface area contributed by atoms with Gasteiger partial charge >= 0.3 is 11.9 Å². The van der Waals surface area contributed by atoms with Crippen LogP contribution in [0.1, 0.15) is 5.56 Å². The molecule has 0 aliphatic rings. The van der Waals surface area contributed by atoms with E-state index in [0.717, 1.165) is 0 Å². The summed E-state index contributed by atoms with van der Waals surface area (Å²) in [5.74, 6) is -1.99. The van der Waals surface area contributed by atoms with Crippen LogP contribution in [0.15, 0.2) is 47.6 Å². The van der Waals surface area contributed by atoms with Crippen LogP contribution in [0.25, 0.3) is 0 Å². The van der Waals surface area contributed by atoms with Crippen molar-refractivity contribution in [2.24, 2.45) is 5.10 Å². The summed E-state index contributed by atoms with van der Waals surface area (Å²) in [4.78, 5) is 33.3. The quantitative estimate of drug-likeness (QED) is 0.331. The average molecular weight is 432 g/mol. The molecule has 1 amide bonds. The summed E-state index contributed by atoms with van der Waals surface area (Å²) >= 11 is 0. The molecule has 31 heavy (non-hydrogen) atoms. The van der Waals surface area contributed by atoms with E-state index in [1.807, 2.05) is 0 Å². The minimum Gasteiger partial charge on any atom is -0.493 e. The minimum absolute atomic E-state index is 0.0124. The third-order valence-electron chi connectivity index (χ3n) is 3.50. The normalized spacial score (nSPS) is 10.4. The van der Waals surface area contributed by atoms with Crippen LogP contribution < -0.4 is 24.4 Å². The molecule has 2 aromatic carbocycles. The highest BCUT2D eigenvalue weighted by Gasteiger charge is 2.10. The number of rotatable bonds is 12. The van der Waals surface area contributed by atoms with Gasteiger partial charge in [-0.15, -0.1) is 0 Å². The van der Waals surface area contributed by atoms with E-state index >= 15 is 0 Å². The molecule has 0 saturated heterocycles. The molecular weight excluding hydrogens is 412 g/mol. The van der Waals surface area contributed by atoms with E-state index in [9.17, 15) is 14.4 Å². The lowest BCUT2D eigenvalue weighted by Crippen LogP contribution is -2.24. The Labute approximate surface area is 176 Å². The first-order valence-electron chi connectivity index (χ1n) is 8.80. The predicted molar refractivity (Wildman–Crippen MR) is 107 cm³/mol. The number of benzene rings is 2. The Kier molecular flexibility index (Phi) is 8.65. The molecule has 0 heterocycles. The van der Waals surface area contributed by atoms with Gasteiger partial charge < -0.3 is 29.2 Å². The molecule has 0 aromatic heterocycles. The maximum Gasteiger partial charge on any atom is 0.341 e. The number of amides is 1. The summed E-state index contributed by atoms with van der Waals surface area (Å²) in [6.07, 6.45) is 1.29. The number of carboxylic acid groups (broad SMARTS) is 2. The van der Waals surface area contributed by atoms with Crippen molar-refractivity contribution in [3.63, 3.8) is 0 Å². The standard InChI is InChI=1S/C20H20N2O9/c1-28-14-4-2-3-5-15(14)29-10-18(23)22-21-9-13-6-7-16(30-11-19(24)25)17(8-13)31-12-20(26)27/h2-9H,10-12H2,1H3,(H,22,23)(H,24,25)(H,26,27)/b21-9-. The molecule has 2 aromatic rings. The van der Waals surface area contributed by atoms with Crippen molar-refractivity contribution in [3.8, 4) is 23.0 Å². The van der Waals surface area contributed by atoms with Crippen molar-refractivity contribution in [1.29, 1.82) is 0 Å². The van der Waals surface area contributed by atoms with Crippen LogP contribution in [-0.2, 0) is 14.4 Å². The first kappa shape index (κ1) is 23.0. The number of nitrogens with one attached hydrogen (secondary N) is 1. The SMILES string of the molecule is COc1ccccc1OCC(=O)N/N=C\c1ccc(OCC(=O)O)c(OCC(=O)O)c1. The Morgan fingerprint density at radius 2 is 1.45 bits per heavy atom. The van der Waals surface area contributed by atoms with E-state index in [4.69, 9.17) is 29.2 Å². The fourth-order valence-electron chi connectivity index (χ4n) is 2.21. The molecule has 0 bridgehead atoms. The molecule has 0 fully saturated rings. The number of carbonyl (C=O) groups is 3. The van der Waals surface area contributed by atoms with Gasteiger partial charge in [0.05, 0.1) is 13.3 Å². The Morgan fingerprint density at radius 3 is 2.10 bits per heavy atom. The molecule has 11 heteroatoms. The highest BCUT2D eigenvalue weighted by atomic mass is 16.5. The van der Waals surface area contributed by atoms with Crippen molar-refractivity contribution in [1.82, 2.24) is 5.43 Å². The lowest BCUT2D eigenvalue weighted by atomic mass is 10.2. The number of hydrogen-bond donors (Lipinski definition) is 3. The molecule has 0 aliphatic carbocycles. The molecule has 2 rings (SSSR count). The van der Waals surface area contributed by atoms with Crippen LogP contribution in [0, 0.1) is 0 Å². The number of aliphatic carboxylic acids is 2. The number of carbonyl (C=O) groups excluding carboxylic acids is 1. The molecule has 3 N–H and O–H groups in total. The topological polar surface area (TPSA) is 153 Å². The van der Waals surface area contributed by atoms with Gasteiger partial charge in [-0.1, -0.05) is 12.1 Å². The van der Waals surface area contributed by atoms with E-state index in [1.54, 1.807) is 24.3 Å². The highest BCUT2D eigenvalue weighted by molar-refractivity contribution is 5.84. The summed E-state index contributed by atoms with van der Waals surface area (Å²) in [6, 6.07) is 11.2. The second-order valence-electron chi connectivity index (χ2n) is 5.80. The van der Waals surface area contributed by atoms with Crippen molar-refractivity contribution in [2.45, 2.75) is 0 Å². The number of hydrazone groups is 1. The zero-order chi connectivity index (χ0) is 22.6. The van der Waals surface area contributed by atoms with Crippen LogP contribution in [0.2, 0.25) is 0 Å². The Bertz CT molecular complexity index is 959. The van der Waals surface area contributed by atoms with Gasteiger partial charge in [0.25, 0.3) is 5.91 Å².